The topological polar surface area (TPSA) is 76.0 Å². The monoisotopic (exact) mass is 246 g/mol. The van der Waals surface area contributed by atoms with E-state index in [1.165, 1.54) is 0 Å². The highest BCUT2D eigenvalue weighted by Gasteiger charge is 2.22. The lowest BCUT2D eigenvalue weighted by atomic mass is 10.1. The van der Waals surface area contributed by atoms with Gasteiger partial charge in [0.05, 0.1) is 6.26 Å². The van der Waals surface area contributed by atoms with E-state index in [2.05, 4.69) is 15.0 Å². The molecule has 6 nitrogen and oxygen atoms in total. The number of anilines is 1. The first-order chi connectivity index (χ1) is 7.20. The summed E-state index contributed by atoms with van der Waals surface area (Å²) in [5, 5.41) is 3.08. The highest BCUT2D eigenvalue weighted by atomic mass is 32.2. The number of hydrogen-bond acceptors (Lipinski definition) is 4. The molecule has 0 aliphatic carbocycles. The highest BCUT2D eigenvalue weighted by Crippen LogP contribution is 2.07. The Hall–Kier alpha value is -1.08. The zero-order chi connectivity index (χ0) is 12.4. The Bertz CT molecular complexity index is 450. The van der Waals surface area contributed by atoms with Gasteiger partial charge in [0, 0.05) is 31.5 Å². The fraction of sp³-hybridized carbons (Fsp3) is 0.667. The van der Waals surface area contributed by atoms with Crippen LogP contribution in [0.15, 0.2) is 12.4 Å². The summed E-state index contributed by atoms with van der Waals surface area (Å²) in [4.78, 5) is 4.09. The molecule has 0 aliphatic rings. The van der Waals surface area contributed by atoms with Crippen molar-refractivity contribution in [2.24, 2.45) is 7.05 Å². The molecule has 7 heteroatoms. The minimum Gasteiger partial charge on any atom is -0.354 e. The minimum absolute atomic E-state index is 0.463. The van der Waals surface area contributed by atoms with Gasteiger partial charge in [0.15, 0.2) is 0 Å². The molecule has 92 valence electrons. The van der Waals surface area contributed by atoms with E-state index in [1.54, 1.807) is 6.20 Å². The van der Waals surface area contributed by atoms with Crippen LogP contribution in [-0.2, 0) is 17.1 Å². The number of nitrogens with one attached hydrogen (secondary N) is 2. The number of aromatic nitrogens is 2. The van der Waals surface area contributed by atoms with Crippen LogP contribution in [0.1, 0.15) is 13.8 Å². The molecule has 0 saturated heterocycles. The zero-order valence-electron chi connectivity index (χ0n) is 9.98. The summed E-state index contributed by atoms with van der Waals surface area (Å²) in [7, 11) is -1.33. The minimum atomic E-state index is -3.20. The molecule has 0 aliphatic heterocycles. The SMILES string of the molecule is Cn1ccnc1NCC(C)(C)NS(C)(=O)=O. The summed E-state index contributed by atoms with van der Waals surface area (Å²) in [6.07, 6.45) is 4.65. The number of nitrogens with zero attached hydrogens (tertiary/aromatic N) is 2. The summed E-state index contributed by atoms with van der Waals surface area (Å²) in [6.45, 7) is 4.08. The maximum Gasteiger partial charge on any atom is 0.209 e. The van der Waals surface area contributed by atoms with Crippen molar-refractivity contribution in [3.8, 4) is 0 Å². The molecule has 0 amide bonds. The van der Waals surface area contributed by atoms with Crippen molar-refractivity contribution in [1.29, 1.82) is 0 Å². The van der Waals surface area contributed by atoms with Crippen LogP contribution >= 0.6 is 0 Å². The number of sulfonamides is 1. The van der Waals surface area contributed by atoms with E-state index in [4.69, 9.17) is 0 Å². The Morgan fingerprint density at radius 1 is 1.50 bits per heavy atom. The molecule has 0 aromatic carbocycles. The number of hydrogen-bond donors (Lipinski definition) is 2. The molecule has 1 rings (SSSR count). The first-order valence-corrected chi connectivity index (χ1v) is 6.79. The number of rotatable bonds is 5. The van der Waals surface area contributed by atoms with Crippen LogP contribution in [0.3, 0.4) is 0 Å². The fourth-order valence-corrected chi connectivity index (χ4v) is 2.45. The molecule has 0 fully saturated rings. The normalized spacial score (nSPS) is 12.8. The third-order valence-electron chi connectivity index (χ3n) is 1.97. The van der Waals surface area contributed by atoms with Crippen molar-refractivity contribution in [1.82, 2.24) is 14.3 Å². The summed E-state index contributed by atoms with van der Waals surface area (Å²) in [5.41, 5.74) is -0.556. The molecular weight excluding hydrogens is 228 g/mol. The summed E-state index contributed by atoms with van der Waals surface area (Å²) in [6, 6.07) is 0. The van der Waals surface area contributed by atoms with Gasteiger partial charge in [0.1, 0.15) is 0 Å². The van der Waals surface area contributed by atoms with E-state index in [1.807, 2.05) is 31.7 Å². The van der Waals surface area contributed by atoms with Crippen LogP contribution in [0.2, 0.25) is 0 Å². The van der Waals surface area contributed by atoms with E-state index in [0.717, 1.165) is 6.26 Å². The molecule has 1 aromatic rings. The summed E-state index contributed by atoms with van der Waals surface area (Å²) >= 11 is 0. The van der Waals surface area contributed by atoms with Crippen LogP contribution in [0.4, 0.5) is 5.95 Å². The third-order valence-corrected chi connectivity index (χ3v) is 2.89. The van der Waals surface area contributed by atoms with Crippen LogP contribution in [0, 0.1) is 0 Å². The standard InChI is InChI=1S/C9H18N4O2S/c1-9(2,12-16(4,14)15)7-11-8-10-5-6-13(8)3/h5-6,12H,7H2,1-4H3,(H,10,11). The first-order valence-electron chi connectivity index (χ1n) is 4.90. The van der Waals surface area contributed by atoms with Crippen LogP contribution in [0.25, 0.3) is 0 Å². The first kappa shape index (κ1) is 13.0. The molecule has 0 atom stereocenters. The number of aryl methyl sites for hydroxylation is 1. The average molecular weight is 246 g/mol. The lowest BCUT2D eigenvalue weighted by Crippen LogP contribution is -2.48. The summed E-state index contributed by atoms with van der Waals surface area (Å²) < 4.78 is 26.6. The Balaban J connectivity index is 2.58. The lowest BCUT2D eigenvalue weighted by Gasteiger charge is -2.25. The van der Waals surface area contributed by atoms with Crippen LogP contribution < -0.4 is 10.0 Å². The third kappa shape index (κ3) is 4.19. The maximum absolute atomic E-state index is 11.1. The lowest BCUT2D eigenvalue weighted by molar-refractivity contribution is 0.475. The molecule has 1 heterocycles. The van der Waals surface area contributed by atoms with Gasteiger partial charge in [0.25, 0.3) is 0 Å². The average Bonchev–Trinajstić information content (AvgIpc) is 2.43. The van der Waals surface area contributed by atoms with Crippen molar-refractivity contribution in [2.75, 3.05) is 18.1 Å². The Kier molecular flexibility index (Phi) is 3.59. The van der Waals surface area contributed by atoms with Gasteiger partial charge in [-0.1, -0.05) is 0 Å². The van der Waals surface area contributed by atoms with Gasteiger partial charge >= 0.3 is 0 Å². The molecule has 0 spiro atoms. The number of imidazole rings is 1. The molecule has 0 bridgehead atoms. The van der Waals surface area contributed by atoms with Crippen molar-refractivity contribution in [3.63, 3.8) is 0 Å². The van der Waals surface area contributed by atoms with Gasteiger partial charge in [-0.2, -0.15) is 0 Å². The molecule has 0 radical (unpaired) electrons. The van der Waals surface area contributed by atoms with E-state index in [0.29, 0.717) is 12.5 Å². The van der Waals surface area contributed by atoms with Crippen LogP contribution in [-0.4, -0.2) is 36.3 Å². The van der Waals surface area contributed by atoms with Gasteiger partial charge in [0.2, 0.25) is 16.0 Å². The molecule has 2 N–H and O–H groups in total. The molecule has 0 saturated carbocycles. The van der Waals surface area contributed by atoms with Gasteiger partial charge in [-0.15, -0.1) is 0 Å². The van der Waals surface area contributed by atoms with Crippen molar-refractivity contribution in [3.05, 3.63) is 12.4 Å². The molecule has 16 heavy (non-hydrogen) atoms. The Morgan fingerprint density at radius 3 is 2.56 bits per heavy atom. The Labute approximate surface area is 96.1 Å². The fourth-order valence-electron chi connectivity index (χ4n) is 1.37. The smallest absolute Gasteiger partial charge is 0.209 e. The Morgan fingerprint density at radius 2 is 2.12 bits per heavy atom. The van der Waals surface area contributed by atoms with Gasteiger partial charge in [-0.25, -0.2) is 18.1 Å². The maximum atomic E-state index is 11.1. The highest BCUT2D eigenvalue weighted by molar-refractivity contribution is 7.88. The van der Waals surface area contributed by atoms with Gasteiger partial charge < -0.3 is 9.88 Å². The van der Waals surface area contributed by atoms with E-state index >= 15 is 0 Å². The second-order valence-corrected chi connectivity index (χ2v) is 6.22. The molecule has 1 aromatic heterocycles. The van der Waals surface area contributed by atoms with Crippen molar-refractivity contribution in [2.45, 2.75) is 19.4 Å². The van der Waals surface area contributed by atoms with Crippen LogP contribution in [0.5, 0.6) is 0 Å². The van der Waals surface area contributed by atoms with E-state index in [-0.39, 0.29) is 0 Å². The summed E-state index contributed by atoms with van der Waals surface area (Å²) in [5.74, 6) is 0.711. The predicted octanol–water partition coefficient (Wildman–Crippen LogP) is 0.160. The van der Waals surface area contributed by atoms with Gasteiger partial charge in [-0.3, -0.25) is 0 Å². The van der Waals surface area contributed by atoms with E-state index < -0.39 is 15.6 Å². The quantitative estimate of drug-likeness (QED) is 0.776. The van der Waals surface area contributed by atoms with E-state index in [9.17, 15) is 8.42 Å². The second-order valence-electron chi connectivity index (χ2n) is 4.47. The predicted molar refractivity (Wildman–Crippen MR) is 63.8 cm³/mol. The van der Waals surface area contributed by atoms with Gasteiger partial charge in [-0.05, 0) is 13.8 Å². The second kappa shape index (κ2) is 4.42. The zero-order valence-corrected chi connectivity index (χ0v) is 10.8. The largest absolute Gasteiger partial charge is 0.354 e. The van der Waals surface area contributed by atoms with Crippen molar-refractivity contribution >= 4 is 16.0 Å². The van der Waals surface area contributed by atoms with Crippen molar-refractivity contribution < 1.29 is 8.42 Å². The molecule has 0 unspecified atom stereocenters. The molecular formula is C9H18N4O2S.